The molecular weight excluding hydrogens is 282 g/mol. The molecule has 0 aliphatic carbocycles. The standard InChI is InChI=1S/C19H33NO.C2H6/c1-7-13-21-19(9-3,17(8-2)15-20(5)6)18-12-10-11-16(4)14-18;1-2/h10-12,14,17H,7-9,13,15H2,1-6H3;1-2H3/t17?,19-;/m1./s1. The highest BCUT2D eigenvalue weighted by atomic mass is 16.5. The molecule has 0 fully saturated rings. The Morgan fingerprint density at radius 3 is 2.22 bits per heavy atom. The van der Waals surface area contributed by atoms with E-state index in [1.807, 2.05) is 13.8 Å². The highest BCUT2D eigenvalue weighted by Gasteiger charge is 2.39. The molecule has 0 bridgehead atoms. The molecule has 0 aliphatic heterocycles. The zero-order valence-corrected chi connectivity index (χ0v) is 16.8. The van der Waals surface area contributed by atoms with Crippen molar-refractivity contribution in [1.82, 2.24) is 4.90 Å². The van der Waals surface area contributed by atoms with Crippen LogP contribution in [0.3, 0.4) is 0 Å². The van der Waals surface area contributed by atoms with Crippen LogP contribution < -0.4 is 0 Å². The lowest BCUT2D eigenvalue weighted by molar-refractivity contribution is -0.103. The van der Waals surface area contributed by atoms with Gasteiger partial charge in [-0.15, -0.1) is 0 Å². The molecule has 1 unspecified atom stereocenters. The molecule has 1 rings (SSSR count). The predicted octanol–water partition coefficient (Wildman–Crippen LogP) is 5.64. The summed E-state index contributed by atoms with van der Waals surface area (Å²) in [6, 6.07) is 8.87. The Hall–Kier alpha value is -0.860. The van der Waals surface area contributed by atoms with Crippen LogP contribution in [0.4, 0.5) is 0 Å². The smallest absolute Gasteiger partial charge is 0.0968 e. The van der Waals surface area contributed by atoms with Gasteiger partial charge in [0.15, 0.2) is 0 Å². The molecule has 0 saturated carbocycles. The average Bonchev–Trinajstić information content (AvgIpc) is 2.56. The van der Waals surface area contributed by atoms with E-state index in [1.165, 1.54) is 11.1 Å². The minimum Gasteiger partial charge on any atom is -0.370 e. The molecule has 0 radical (unpaired) electrons. The lowest BCUT2D eigenvalue weighted by atomic mass is 9.76. The number of aryl methyl sites for hydroxylation is 1. The Labute approximate surface area is 145 Å². The van der Waals surface area contributed by atoms with Crippen LogP contribution in [0.25, 0.3) is 0 Å². The quantitative estimate of drug-likeness (QED) is 0.583. The van der Waals surface area contributed by atoms with Crippen LogP contribution >= 0.6 is 0 Å². The molecule has 2 atom stereocenters. The van der Waals surface area contributed by atoms with Crippen molar-refractivity contribution in [2.45, 2.75) is 66.4 Å². The zero-order valence-electron chi connectivity index (χ0n) is 16.8. The van der Waals surface area contributed by atoms with Crippen LogP contribution in [-0.4, -0.2) is 32.1 Å². The predicted molar refractivity (Wildman–Crippen MR) is 103 cm³/mol. The molecule has 1 aromatic rings. The van der Waals surface area contributed by atoms with Gasteiger partial charge in [-0.1, -0.05) is 64.4 Å². The Bertz CT molecular complexity index is 416. The lowest BCUT2D eigenvalue weighted by Crippen LogP contribution is -2.42. The van der Waals surface area contributed by atoms with Crippen LogP contribution in [-0.2, 0) is 10.3 Å². The maximum Gasteiger partial charge on any atom is 0.0968 e. The van der Waals surface area contributed by atoms with Gasteiger partial charge in [-0.2, -0.15) is 0 Å². The highest BCUT2D eigenvalue weighted by Crippen LogP contribution is 2.40. The highest BCUT2D eigenvalue weighted by molar-refractivity contribution is 5.28. The number of ether oxygens (including phenoxy) is 1. The van der Waals surface area contributed by atoms with E-state index >= 15 is 0 Å². The molecule has 23 heavy (non-hydrogen) atoms. The summed E-state index contributed by atoms with van der Waals surface area (Å²) < 4.78 is 6.50. The number of nitrogens with zero attached hydrogens (tertiary/aromatic N) is 1. The van der Waals surface area contributed by atoms with Crippen molar-refractivity contribution in [3.63, 3.8) is 0 Å². The summed E-state index contributed by atoms with van der Waals surface area (Å²) in [5.74, 6) is 0.505. The Morgan fingerprint density at radius 2 is 1.78 bits per heavy atom. The van der Waals surface area contributed by atoms with Crippen LogP contribution in [0.2, 0.25) is 0 Å². The van der Waals surface area contributed by atoms with Gasteiger partial charge in [-0.05, 0) is 45.8 Å². The van der Waals surface area contributed by atoms with E-state index in [9.17, 15) is 0 Å². The molecule has 1 aromatic carbocycles. The molecule has 2 nitrogen and oxygen atoms in total. The zero-order chi connectivity index (χ0) is 17.9. The van der Waals surface area contributed by atoms with E-state index in [4.69, 9.17) is 4.74 Å². The number of hydrogen-bond donors (Lipinski definition) is 0. The fourth-order valence-corrected chi connectivity index (χ4v) is 3.27. The fourth-order valence-electron chi connectivity index (χ4n) is 3.27. The average molecular weight is 322 g/mol. The third kappa shape index (κ3) is 6.27. The van der Waals surface area contributed by atoms with Gasteiger partial charge in [0.1, 0.15) is 0 Å². The molecule has 0 heterocycles. The van der Waals surface area contributed by atoms with Crippen LogP contribution in [0.1, 0.15) is 65.0 Å². The van der Waals surface area contributed by atoms with E-state index in [1.54, 1.807) is 0 Å². The van der Waals surface area contributed by atoms with Crippen molar-refractivity contribution >= 4 is 0 Å². The Kier molecular flexibility index (Phi) is 11.2. The van der Waals surface area contributed by atoms with Crippen molar-refractivity contribution < 1.29 is 4.74 Å². The normalized spacial score (nSPS) is 14.8. The summed E-state index contributed by atoms with van der Waals surface area (Å²) >= 11 is 0. The molecular formula is C21H39NO. The summed E-state index contributed by atoms with van der Waals surface area (Å²) in [6.07, 6.45) is 3.21. The van der Waals surface area contributed by atoms with Gasteiger partial charge in [0, 0.05) is 19.1 Å². The summed E-state index contributed by atoms with van der Waals surface area (Å²) in [7, 11) is 4.30. The van der Waals surface area contributed by atoms with Gasteiger partial charge in [-0.25, -0.2) is 0 Å². The van der Waals surface area contributed by atoms with Gasteiger partial charge in [0.05, 0.1) is 5.60 Å². The topological polar surface area (TPSA) is 12.5 Å². The third-order valence-electron chi connectivity index (χ3n) is 4.33. The molecule has 0 amide bonds. The monoisotopic (exact) mass is 321 g/mol. The van der Waals surface area contributed by atoms with Crippen LogP contribution in [0, 0.1) is 12.8 Å². The maximum absolute atomic E-state index is 6.50. The minimum atomic E-state index is -0.166. The summed E-state index contributed by atoms with van der Waals surface area (Å²) in [6.45, 7) is 14.8. The van der Waals surface area contributed by atoms with Gasteiger partial charge in [0.25, 0.3) is 0 Å². The van der Waals surface area contributed by atoms with E-state index in [0.717, 1.165) is 32.4 Å². The maximum atomic E-state index is 6.50. The van der Waals surface area contributed by atoms with Gasteiger partial charge in [-0.3, -0.25) is 0 Å². The van der Waals surface area contributed by atoms with Crippen molar-refractivity contribution in [3.05, 3.63) is 35.4 Å². The van der Waals surface area contributed by atoms with E-state index in [-0.39, 0.29) is 5.60 Å². The van der Waals surface area contributed by atoms with Gasteiger partial charge >= 0.3 is 0 Å². The first kappa shape index (κ1) is 22.1. The number of benzene rings is 1. The number of rotatable bonds is 9. The fraction of sp³-hybridized carbons (Fsp3) is 0.714. The number of hydrogen-bond acceptors (Lipinski definition) is 2. The SMILES string of the molecule is CC.CCCO[C@@](CC)(c1cccc(C)c1)C(CC)CN(C)C. The molecule has 0 spiro atoms. The molecule has 0 aliphatic rings. The minimum absolute atomic E-state index is 0.166. The molecule has 134 valence electrons. The van der Waals surface area contributed by atoms with E-state index in [2.05, 4.69) is 71.0 Å². The summed E-state index contributed by atoms with van der Waals surface area (Å²) in [5.41, 5.74) is 2.48. The summed E-state index contributed by atoms with van der Waals surface area (Å²) in [4.78, 5) is 2.28. The lowest BCUT2D eigenvalue weighted by Gasteiger charge is -2.42. The van der Waals surface area contributed by atoms with Gasteiger partial charge in [0.2, 0.25) is 0 Å². The first-order valence-corrected chi connectivity index (χ1v) is 9.35. The molecule has 0 aromatic heterocycles. The second-order valence-corrected chi connectivity index (χ2v) is 6.33. The first-order chi connectivity index (χ1) is 11.0. The van der Waals surface area contributed by atoms with Crippen molar-refractivity contribution in [2.75, 3.05) is 27.2 Å². The molecule has 0 N–H and O–H groups in total. The van der Waals surface area contributed by atoms with Crippen molar-refractivity contribution in [1.29, 1.82) is 0 Å². The van der Waals surface area contributed by atoms with Crippen LogP contribution in [0.15, 0.2) is 24.3 Å². The van der Waals surface area contributed by atoms with Crippen LogP contribution in [0.5, 0.6) is 0 Å². The second-order valence-electron chi connectivity index (χ2n) is 6.33. The Balaban J connectivity index is 0.00000232. The molecule has 2 heteroatoms. The Morgan fingerprint density at radius 1 is 1.13 bits per heavy atom. The first-order valence-electron chi connectivity index (χ1n) is 9.35. The second kappa shape index (κ2) is 11.6. The van der Waals surface area contributed by atoms with Crippen molar-refractivity contribution in [3.8, 4) is 0 Å². The molecule has 0 saturated heterocycles. The van der Waals surface area contributed by atoms with Crippen molar-refractivity contribution in [2.24, 2.45) is 5.92 Å². The summed E-state index contributed by atoms with van der Waals surface area (Å²) in [5, 5.41) is 0. The largest absolute Gasteiger partial charge is 0.370 e. The van der Waals surface area contributed by atoms with E-state index < -0.39 is 0 Å². The third-order valence-corrected chi connectivity index (χ3v) is 4.33. The van der Waals surface area contributed by atoms with E-state index in [0.29, 0.717) is 5.92 Å². The van der Waals surface area contributed by atoms with Gasteiger partial charge < -0.3 is 9.64 Å².